The third-order valence-corrected chi connectivity index (χ3v) is 4.92. The fourth-order valence-electron chi connectivity index (χ4n) is 3.12. The quantitative estimate of drug-likeness (QED) is 0.493. The Kier molecular flexibility index (Phi) is 12.4. The number of aliphatic imine (C=N–C) groups is 2. The highest BCUT2D eigenvalue weighted by Gasteiger charge is 2.23. The predicted octanol–water partition coefficient (Wildman–Crippen LogP) is 3.97. The van der Waals surface area contributed by atoms with E-state index in [1.807, 2.05) is 7.05 Å². The molecule has 0 aromatic rings. The zero-order valence-electron chi connectivity index (χ0n) is 16.8. The maximum Gasteiger partial charge on any atom is 0.199 e. The summed E-state index contributed by atoms with van der Waals surface area (Å²) >= 11 is 0. The smallest absolute Gasteiger partial charge is 0.199 e. The number of rotatable bonds is 13. The number of nitrogens with one attached hydrogen (secondary N) is 1. The molecule has 1 saturated heterocycles. The molecule has 0 spiro atoms. The first-order valence-corrected chi connectivity index (χ1v) is 10.4. The van der Waals surface area contributed by atoms with Crippen LogP contribution in [-0.4, -0.2) is 54.6 Å². The average Bonchev–Trinajstić information content (AvgIpc) is 2.61. The number of aliphatic hydroxyl groups is 1. The highest BCUT2D eigenvalue weighted by Crippen LogP contribution is 2.11. The van der Waals surface area contributed by atoms with Gasteiger partial charge >= 0.3 is 0 Å². The Labute approximate surface area is 155 Å². The molecule has 0 aliphatic carbocycles. The van der Waals surface area contributed by atoms with E-state index in [0.29, 0.717) is 12.6 Å². The van der Waals surface area contributed by atoms with Crippen LogP contribution in [0.25, 0.3) is 0 Å². The van der Waals surface area contributed by atoms with Crippen LogP contribution in [0.2, 0.25) is 0 Å². The van der Waals surface area contributed by atoms with Crippen LogP contribution in [-0.2, 0) is 0 Å². The highest BCUT2D eigenvalue weighted by molar-refractivity contribution is 6.02. The van der Waals surface area contributed by atoms with E-state index in [-0.39, 0.29) is 6.61 Å². The van der Waals surface area contributed by atoms with Gasteiger partial charge < -0.3 is 15.3 Å². The van der Waals surface area contributed by atoms with Crippen LogP contribution in [0.1, 0.15) is 84.5 Å². The van der Waals surface area contributed by atoms with Crippen molar-refractivity contribution < 1.29 is 5.11 Å². The van der Waals surface area contributed by atoms with E-state index < -0.39 is 0 Å². The Morgan fingerprint density at radius 1 is 0.960 bits per heavy atom. The second-order valence-electron chi connectivity index (χ2n) is 7.23. The molecule has 5 heteroatoms. The van der Waals surface area contributed by atoms with Crippen molar-refractivity contribution in [2.75, 3.05) is 26.7 Å². The molecule has 1 rings (SSSR count). The van der Waals surface area contributed by atoms with Crippen molar-refractivity contribution in [2.45, 2.75) is 90.5 Å². The number of amidine groups is 1. The van der Waals surface area contributed by atoms with E-state index >= 15 is 0 Å². The molecular formula is C20H40N4O. The summed E-state index contributed by atoms with van der Waals surface area (Å²) in [4.78, 5) is 11.2. The molecule has 0 bridgehead atoms. The molecule has 2 N–H and O–H groups in total. The van der Waals surface area contributed by atoms with Crippen molar-refractivity contribution in [3.63, 3.8) is 0 Å². The normalized spacial score (nSPS) is 21.1. The maximum atomic E-state index is 8.95. The van der Waals surface area contributed by atoms with E-state index in [2.05, 4.69) is 29.1 Å². The van der Waals surface area contributed by atoms with Crippen LogP contribution in [0, 0.1) is 0 Å². The van der Waals surface area contributed by atoms with Gasteiger partial charge in [-0.3, -0.25) is 9.98 Å². The minimum absolute atomic E-state index is 0.0818. The fourth-order valence-corrected chi connectivity index (χ4v) is 3.12. The SMILES string of the molecule is CCCCCCCCCCCCN=C1CC(C)N(C)C(=NCCO)N1. The maximum absolute atomic E-state index is 8.95. The van der Waals surface area contributed by atoms with Crippen molar-refractivity contribution in [2.24, 2.45) is 9.98 Å². The van der Waals surface area contributed by atoms with Crippen LogP contribution < -0.4 is 5.32 Å². The lowest BCUT2D eigenvalue weighted by molar-refractivity contribution is 0.304. The topological polar surface area (TPSA) is 60.2 Å². The highest BCUT2D eigenvalue weighted by atomic mass is 16.3. The number of hydrogen-bond donors (Lipinski definition) is 2. The van der Waals surface area contributed by atoms with E-state index in [1.54, 1.807) is 0 Å². The average molecular weight is 353 g/mol. The van der Waals surface area contributed by atoms with Gasteiger partial charge in [-0.05, 0) is 13.3 Å². The fraction of sp³-hybridized carbons (Fsp3) is 0.900. The van der Waals surface area contributed by atoms with E-state index in [9.17, 15) is 0 Å². The first kappa shape index (κ1) is 21.9. The summed E-state index contributed by atoms with van der Waals surface area (Å²) < 4.78 is 0. The van der Waals surface area contributed by atoms with Crippen LogP contribution in [0.15, 0.2) is 9.98 Å². The lowest BCUT2D eigenvalue weighted by Crippen LogP contribution is -2.53. The molecule has 0 aromatic carbocycles. The zero-order valence-corrected chi connectivity index (χ0v) is 16.8. The molecule has 1 unspecified atom stereocenters. The predicted molar refractivity (Wildman–Crippen MR) is 109 cm³/mol. The molecule has 0 saturated carbocycles. The third kappa shape index (κ3) is 9.83. The molecule has 1 fully saturated rings. The summed E-state index contributed by atoms with van der Waals surface area (Å²) in [5.74, 6) is 1.87. The number of aliphatic hydroxyl groups excluding tert-OH is 1. The molecule has 25 heavy (non-hydrogen) atoms. The standard InChI is InChI=1S/C20H40N4O/c1-4-5-6-7-8-9-10-11-12-13-14-21-19-17-18(2)24(3)20(23-19)22-15-16-25/h18,25H,4-17H2,1-3H3,(H,21,22,23). The molecule has 5 nitrogen and oxygen atoms in total. The van der Waals surface area contributed by atoms with Gasteiger partial charge in [0.05, 0.1) is 13.2 Å². The van der Waals surface area contributed by atoms with Crippen LogP contribution in [0.4, 0.5) is 0 Å². The van der Waals surface area contributed by atoms with E-state index in [0.717, 1.165) is 24.8 Å². The first-order chi connectivity index (χ1) is 12.2. The molecule has 0 radical (unpaired) electrons. The van der Waals surface area contributed by atoms with Crippen molar-refractivity contribution in [1.82, 2.24) is 10.2 Å². The van der Waals surface area contributed by atoms with Crippen molar-refractivity contribution in [3.8, 4) is 0 Å². The van der Waals surface area contributed by atoms with Gasteiger partial charge in [0.2, 0.25) is 0 Å². The van der Waals surface area contributed by atoms with Gasteiger partial charge in [0.15, 0.2) is 5.96 Å². The Balaban J connectivity index is 2.13. The molecule has 146 valence electrons. The van der Waals surface area contributed by atoms with Gasteiger partial charge in [-0.15, -0.1) is 0 Å². The third-order valence-electron chi connectivity index (χ3n) is 4.92. The summed E-state index contributed by atoms with van der Waals surface area (Å²) in [6.45, 7) is 5.88. The van der Waals surface area contributed by atoms with Crippen molar-refractivity contribution in [3.05, 3.63) is 0 Å². The van der Waals surface area contributed by atoms with Crippen molar-refractivity contribution >= 4 is 11.8 Å². The summed E-state index contributed by atoms with van der Waals surface area (Å²) in [6.07, 6.45) is 14.5. The minimum Gasteiger partial charge on any atom is -0.394 e. The number of hydrogen-bond acceptors (Lipinski definition) is 3. The Hall–Kier alpha value is -1.10. The van der Waals surface area contributed by atoms with E-state index in [4.69, 9.17) is 10.1 Å². The largest absolute Gasteiger partial charge is 0.394 e. The second kappa shape index (κ2) is 14.1. The molecule has 1 heterocycles. The summed E-state index contributed by atoms with van der Waals surface area (Å²) in [6, 6.07) is 0.394. The Morgan fingerprint density at radius 3 is 2.16 bits per heavy atom. The van der Waals surface area contributed by atoms with Gasteiger partial charge in [0.25, 0.3) is 0 Å². The van der Waals surface area contributed by atoms with Gasteiger partial charge in [-0.2, -0.15) is 0 Å². The number of guanidine groups is 1. The summed E-state index contributed by atoms with van der Waals surface area (Å²) in [5, 5.41) is 12.3. The van der Waals surface area contributed by atoms with Crippen LogP contribution >= 0.6 is 0 Å². The monoisotopic (exact) mass is 352 g/mol. The van der Waals surface area contributed by atoms with E-state index in [1.165, 1.54) is 64.2 Å². The molecule has 1 aliphatic rings. The van der Waals surface area contributed by atoms with Crippen LogP contribution in [0.3, 0.4) is 0 Å². The first-order valence-electron chi connectivity index (χ1n) is 10.4. The minimum atomic E-state index is 0.0818. The second-order valence-corrected chi connectivity index (χ2v) is 7.23. The molecular weight excluding hydrogens is 312 g/mol. The summed E-state index contributed by atoms with van der Waals surface area (Å²) in [7, 11) is 2.03. The van der Waals surface area contributed by atoms with Gasteiger partial charge in [0, 0.05) is 26.1 Å². The molecule has 0 aromatic heterocycles. The van der Waals surface area contributed by atoms with Gasteiger partial charge in [0.1, 0.15) is 5.84 Å². The summed E-state index contributed by atoms with van der Waals surface area (Å²) in [5.41, 5.74) is 0. The molecule has 0 amide bonds. The Morgan fingerprint density at radius 2 is 1.56 bits per heavy atom. The number of nitrogens with zero attached hydrogens (tertiary/aromatic N) is 3. The molecule has 1 aliphatic heterocycles. The molecule has 1 atom stereocenters. The van der Waals surface area contributed by atoms with Gasteiger partial charge in [-0.25, -0.2) is 0 Å². The Bertz CT molecular complexity index is 395. The lowest BCUT2D eigenvalue weighted by atomic mass is 10.1. The zero-order chi connectivity index (χ0) is 18.3. The van der Waals surface area contributed by atoms with Crippen molar-refractivity contribution in [1.29, 1.82) is 0 Å². The number of unbranched alkanes of at least 4 members (excludes halogenated alkanes) is 9. The van der Waals surface area contributed by atoms with Crippen LogP contribution in [0.5, 0.6) is 0 Å². The lowest BCUT2D eigenvalue weighted by Gasteiger charge is -2.34. The van der Waals surface area contributed by atoms with Gasteiger partial charge in [-0.1, -0.05) is 64.7 Å².